The molecule has 0 fully saturated rings. The average Bonchev–Trinajstić information content (AvgIpc) is 2.01. The molecular weight excluding hydrogens is 278 g/mol. The van der Waals surface area contributed by atoms with Crippen LogP contribution in [0.5, 0.6) is 0 Å². The van der Waals surface area contributed by atoms with E-state index in [0.29, 0.717) is 11.1 Å². The fourth-order valence-electron chi connectivity index (χ4n) is 1.19. The van der Waals surface area contributed by atoms with Gasteiger partial charge >= 0.3 is 109 Å². The quantitative estimate of drug-likeness (QED) is 0.554. The molecule has 2 N–H and O–H groups in total. The van der Waals surface area contributed by atoms with E-state index in [1.165, 1.54) is 0 Å². The maximum Gasteiger partial charge on any atom is 1.00 e. The summed E-state index contributed by atoms with van der Waals surface area (Å²) in [5.41, 5.74) is 1.15. The molecule has 1 aromatic rings. The largest absolute Gasteiger partial charge is 1.00 e. The Morgan fingerprint density at radius 2 is 1.59 bits per heavy atom. The van der Waals surface area contributed by atoms with Gasteiger partial charge in [-0.25, -0.2) is 0 Å². The van der Waals surface area contributed by atoms with Gasteiger partial charge in [-0.1, -0.05) is 24.3 Å². The predicted molar refractivity (Wildman–Crippen MR) is 48.4 cm³/mol. The van der Waals surface area contributed by atoms with Gasteiger partial charge < -0.3 is 20.5 Å². The molecule has 0 radical (unpaired) electrons. The van der Waals surface area contributed by atoms with Gasteiger partial charge in [-0.15, -0.1) is 0 Å². The molecule has 0 saturated heterocycles. The molecular formula is C10H10K2O5. The first-order valence-corrected chi connectivity index (χ1v) is 4.07. The summed E-state index contributed by atoms with van der Waals surface area (Å²) in [6.45, 7) is 0. The van der Waals surface area contributed by atoms with Crippen molar-refractivity contribution in [1.82, 2.24) is 0 Å². The Balaban J connectivity index is -0.000000653. The molecule has 82 valence electrons. The molecule has 0 unspecified atom stereocenters. The summed E-state index contributed by atoms with van der Waals surface area (Å²) in [6, 6.07) is 6.47. The summed E-state index contributed by atoms with van der Waals surface area (Å²) < 4.78 is 0. The van der Waals surface area contributed by atoms with Crippen LogP contribution in [0.4, 0.5) is 0 Å². The minimum absolute atomic E-state index is 0. The van der Waals surface area contributed by atoms with E-state index in [1.807, 2.05) is 0 Å². The molecule has 1 aromatic carbocycles. The molecule has 5 nitrogen and oxygen atoms in total. The molecule has 0 aromatic heterocycles. The summed E-state index contributed by atoms with van der Waals surface area (Å²) >= 11 is 0. The van der Waals surface area contributed by atoms with E-state index in [2.05, 4.69) is 0 Å². The number of carboxylic acid groups (broad SMARTS) is 2. The van der Waals surface area contributed by atoms with Gasteiger partial charge in [0.05, 0.1) is 6.42 Å². The number of carbonyl (C=O) groups is 2. The average molecular weight is 288 g/mol. The second kappa shape index (κ2) is 12.4. The Labute approximate surface area is 184 Å². The van der Waals surface area contributed by atoms with Crippen LogP contribution >= 0.6 is 0 Å². The molecule has 0 aliphatic carbocycles. The molecule has 0 amide bonds. The third-order valence-electron chi connectivity index (χ3n) is 1.70. The van der Waals surface area contributed by atoms with Crippen LogP contribution in [0.25, 0.3) is 0 Å². The number of hydrogen-bond donors (Lipinski definition) is 1. The van der Waals surface area contributed by atoms with Gasteiger partial charge in [-0.2, -0.15) is 0 Å². The Morgan fingerprint density at radius 3 is 2.00 bits per heavy atom. The van der Waals surface area contributed by atoms with Gasteiger partial charge in [0, 0.05) is 12.4 Å². The summed E-state index contributed by atoms with van der Waals surface area (Å²) in [5.74, 6) is -2.10. The van der Waals surface area contributed by atoms with E-state index in [-0.39, 0.29) is 121 Å². The zero-order valence-corrected chi connectivity index (χ0v) is 16.1. The van der Waals surface area contributed by atoms with Crippen LogP contribution in [-0.2, 0) is 22.4 Å². The number of rotatable bonds is 4. The molecule has 0 aliphatic heterocycles. The number of carbonyl (C=O) groups excluding carboxylic acids is 1. The Morgan fingerprint density at radius 1 is 1.12 bits per heavy atom. The molecule has 7 heteroatoms. The van der Waals surface area contributed by atoms with Crippen LogP contribution in [0.2, 0.25) is 0 Å². The fraction of sp³-hybridized carbons (Fsp3) is 0.200. The summed E-state index contributed by atoms with van der Waals surface area (Å²) in [7, 11) is 0. The van der Waals surface area contributed by atoms with Crippen molar-refractivity contribution >= 4 is 11.9 Å². The fourth-order valence-corrected chi connectivity index (χ4v) is 1.19. The monoisotopic (exact) mass is 288 g/mol. The van der Waals surface area contributed by atoms with Crippen molar-refractivity contribution in [3.63, 3.8) is 0 Å². The molecule has 0 aliphatic rings. The van der Waals surface area contributed by atoms with Gasteiger partial charge in [0.15, 0.2) is 0 Å². The zero-order valence-electron chi connectivity index (χ0n) is 9.84. The first-order chi connectivity index (χ1) is 6.58. The van der Waals surface area contributed by atoms with Crippen molar-refractivity contribution in [2.75, 3.05) is 0 Å². The van der Waals surface area contributed by atoms with Crippen LogP contribution in [0.3, 0.4) is 0 Å². The van der Waals surface area contributed by atoms with E-state index < -0.39 is 11.9 Å². The molecule has 0 atom stereocenters. The van der Waals surface area contributed by atoms with Crippen molar-refractivity contribution in [1.29, 1.82) is 0 Å². The third-order valence-corrected chi connectivity index (χ3v) is 1.70. The normalized spacial score (nSPS) is 8.00. The van der Waals surface area contributed by atoms with Gasteiger partial charge in [0.1, 0.15) is 0 Å². The summed E-state index contributed by atoms with van der Waals surface area (Å²) in [6.07, 6.45) is -0.283. The third kappa shape index (κ3) is 11.0. The SMILES string of the molecule is O=C([O-])Cc1cccc(CC(=O)O)c1.[K+].[K+].[OH-]. The second-order valence-electron chi connectivity index (χ2n) is 2.94. The number of aliphatic carboxylic acids is 2. The van der Waals surface area contributed by atoms with E-state index in [1.54, 1.807) is 24.3 Å². The number of benzene rings is 1. The summed E-state index contributed by atoms with van der Waals surface area (Å²) in [4.78, 5) is 20.6. The minimum atomic E-state index is -1.17. The van der Waals surface area contributed by atoms with Gasteiger partial charge in [0.25, 0.3) is 0 Å². The predicted octanol–water partition coefficient (Wildman–Crippen LogP) is -6.56. The van der Waals surface area contributed by atoms with Crippen LogP contribution in [0.15, 0.2) is 24.3 Å². The molecule has 1 rings (SSSR count). The Kier molecular flexibility index (Phi) is 17.2. The van der Waals surface area contributed by atoms with E-state index in [0.717, 1.165) is 0 Å². The zero-order chi connectivity index (χ0) is 10.6. The maximum absolute atomic E-state index is 10.4. The molecule has 0 bridgehead atoms. The van der Waals surface area contributed by atoms with Crippen LogP contribution in [0, 0.1) is 0 Å². The molecule has 0 spiro atoms. The van der Waals surface area contributed by atoms with Gasteiger partial charge in [-0.3, -0.25) is 4.79 Å². The first-order valence-electron chi connectivity index (χ1n) is 4.07. The van der Waals surface area contributed by atoms with E-state index >= 15 is 0 Å². The van der Waals surface area contributed by atoms with Crippen LogP contribution in [0.1, 0.15) is 11.1 Å². The Hall–Kier alpha value is 1.39. The topological polar surface area (TPSA) is 107 Å². The number of hydrogen-bond acceptors (Lipinski definition) is 4. The Bertz CT molecular complexity index is 336. The smallest absolute Gasteiger partial charge is 0.870 e. The van der Waals surface area contributed by atoms with Crippen molar-refractivity contribution in [3.05, 3.63) is 35.4 Å². The maximum atomic E-state index is 10.4. The van der Waals surface area contributed by atoms with Crippen molar-refractivity contribution < 1.29 is 128 Å². The summed E-state index contributed by atoms with van der Waals surface area (Å²) in [5, 5.41) is 18.8. The molecule has 0 heterocycles. The van der Waals surface area contributed by atoms with Crippen LogP contribution in [-0.4, -0.2) is 22.5 Å². The van der Waals surface area contributed by atoms with E-state index in [4.69, 9.17) is 5.11 Å². The van der Waals surface area contributed by atoms with E-state index in [9.17, 15) is 14.7 Å². The van der Waals surface area contributed by atoms with Crippen molar-refractivity contribution in [3.8, 4) is 0 Å². The van der Waals surface area contributed by atoms with Crippen molar-refractivity contribution in [2.45, 2.75) is 12.8 Å². The molecule has 17 heavy (non-hydrogen) atoms. The van der Waals surface area contributed by atoms with Gasteiger partial charge in [0.2, 0.25) is 0 Å². The van der Waals surface area contributed by atoms with Gasteiger partial charge in [-0.05, 0) is 11.1 Å². The number of carboxylic acids is 2. The van der Waals surface area contributed by atoms with Crippen molar-refractivity contribution in [2.24, 2.45) is 0 Å². The molecule has 0 saturated carbocycles. The standard InChI is InChI=1S/C10H10O4.2K.H2O/c11-9(12)5-7-2-1-3-8(4-7)6-10(13)14;;;/h1-4H,5-6H2,(H,11,12)(H,13,14);;;1H2/q;2*+1;/p-2. The minimum Gasteiger partial charge on any atom is -0.870 e. The van der Waals surface area contributed by atoms with Crippen LogP contribution < -0.4 is 108 Å². The first kappa shape index (κ1) is 23.5. The second-order valence-corrected chi connectivity index (χ2v) is 2.94.